The summed E-state index contributed by atoms with van der Waals surface area (Å²) in [4.78, 5) is 12.7. The van der Waals surface area contributed by atoms with Gasteiger partial charge < -0.3 is 14.6 Å². The van der Waals surface area contributed by atoms with Gasteiger partial charge >= 0.3 is 0 Å². The summed E-state index contributed by atoms with van der Waals surface area (Å²) in [5.74, 6) is 1.63. The van der Waals surface area contributed by atoms with E-state index in [1.807, 2.05) is 6.07 Å². The summed E-state index contributed by atoms with van der Waals surface area (Å²) >= 11 is 6.02. The van der Waals surface area contributed by atoms with Gasteiger partial charge in [0.05, 0.1) is 12.1 Å². The quantitative estimate of drug-likeness (QED) is 0.698. The lowest BCUT2D eigenvalue weighted by Gasteiger charge is -2.35. The van der Waals surface area contributed by atoms with E-state index in [2.05, 4.69) is 50.2 Å². The average Bonchev–Trinajstić information content (AvgIpc) is 3.12. The lowest BCUT2D eigenvalue weighted by Crippen LogP contribution is -2.47. The van der Waals surface area contributed by atoms with Crippen LogP contribution < -0.4 is 9.64 Å². The van der Waals surface area contributed by atoms with Gasteiger partial charge in [-0.1, -0.05) is 29.8 Å². The maximum atomic E-state index is 6.02. The zero-order valence-corrected chi connectivity index (χ0v) is 16.4. The molecule has 27 heavy (non-hydrogen) atoms. The van der Waals surface area contributed by atoms with Gasteiger partial charge in [-0.2, -0.15) is 0 Å². The predicted molar refractivity (Wildman–Crippen MR) is 111 cm³/mol. The molecule has 1 aliphatic rings. The second kappa shape index (κ2) is 8.19. The van der Waals surface area contributed by atoms with Crippen LogP contribution >= 0.6 is 11.6 Å². The molecular formula is C21H25ClN4O. The first-order chi connectivity index (χ1) is 13.2. The number of ether oxygens (including phenoxy) is 1. The number of hydrogen-bond donors (Lipinski definition) is 1. The second-order valence-corrected chi connectivity index (χ2v) is 7.41. The minimum atomic E-state index is 0.603. The monoisotopic (exact) mass is 384 g/mol. The highest BCUT2D eigenvalue weighted by Crippen LogP contribution is 2.29. The topological polar surface area (TPSA) is 44.4 Å². The fourth-order valence-corrected chi connectivity index (χ4v) is 3.96. The highest BCUT2D eigenvalue weighted by molar-refractivity contribution is 6.30. The minimum Gasteiger partial charge on any atom is -0.493 e. The Kier molecular flexibility index (Phi) is 5.50. The smallest absolute Gasteiger partial charge is 0.171 e. The normalized spacial score (nSPS) is 15.4. The van der Waals surface area contributed by atoms with E-state index in [0.717, 1.165) is 50.7 Å². The van der Waals surface area contributed by atoms with Crippen LogP contribution in [0.4, 0.5) is 5.82 Å². The van der Waals surface area contributed by atoms with E-state index < -0.39 is 0 Å². The molecule has 4 rings (SSSR count). The number of fused-ring (bicyclic) bond motifs is 1. The standard InChI is InChI=1S/C21H25ClN4O/c1-27-20-13-17(22)15-24-21(20)26-11-9-25(10-12-26)8-4-5-16-14-23-19-7-3-2-6-18(16)19/h2-3,6-7,13-15,23H,4-5,8-12H2,1H3. The number of piperazine rings is 1. The summed E-state index contributed by atoms with van der Waals surface area (Å²) in [5, 5.41) is 1.95. The van der Waals surface area contributed by atoms with Crippen LogP contribution in [0.3, 0.4) is 0 Å². The number of anilines is 1. The van der Waals surface area contributed by atoms with Crippen LogP contribution in [0, 0.1) is 0 Å². The number of aromatic nitrogens is 2. The van der Waals surface area contributed by atoms with Crippen LogP contribution in [0.1, 0.15) is 12.0 Å². The maximum Gasteiger partial charge on any atom is 0.171 e. The lowest BCUT2D eigenvalue weighted by atomic mass is 10.1. The molecule has 0 unspecified atom stereocenters. The third-order valence-electron chi connectivity index (χ3n) is 5.29. The number of aromatic amines is 1. The average molecular weight is 385 g/mol. The number of para-hydroxylation sites is 1. The molecule has 142 valence electrons. The van der Waals surface area contributed by atoms with Crippen molar-refractivity contribution in [3.05, 3.63) is 53.3 Å². The number of benzene rings is 1. The molecule has 0 saturated carbocycles. The van der Waals surface area contributed by atoms with Crippen molar-refractivity contribution < 1.29 is 4.74 Å². The molecule has 0 amide bonds. The van der Waals surface area contributed by atoms with E-state index in [-0.39, 0.29) is 0 Å². The van der Waals surface area contributed by atoms with Crippen LogP contribution in [0.2, 0.25) is 5.02 Å². The van der Waals surface area contributed by atoms with Crippen LogP contribution in [0.25, 0.3) is 10.9 Å². The first-order valence-electron chi connectivity index (χ1n) is 9.46. The van der Waals surface area contributed by atoms with E-state index in [0.29, 0.717) is 5.02 Å². The first-order valence-corrected chi connectivity index (χ1v) is 9.84. The van der Waals surface area contributed by atoms with Gasteiger partial charge in [-0.25, -0.2) is 4.98 Å². The maximum absolute atomic E-state index is 6.02. The molecule has 1 aliphatic heterocycles. The summed E-state index contributed by atoms with van der Waals surface area (Å²) in [6.07, 6.45) is 6.12. The van der Waals surface area contributed by atoms with Crippen molar-refractivity contribution in [2.24, 2.45) is 0 Å². The Bertz CT molecular complexity index is 902. The Balaban J connectivity index is 1.29. The van der Waals surface area contributed by atoms with Gasteiger partial charge in [0.15, 0.2) is 11.6 Å². The van der Waals surface area contributed by atoms with Crippen molar-refractivity contribution in [3.8, 4) is 5.75 Å². The number of hydrogen-bond acceptors (Lipinski definition) is 4. The van der Waals surface area contributed by atoms with E-state index in [1.54, 1.807) is 13.3 Å². The zero-order chi connectivity index (χ0) is 18.6. The molecule has 1 N–H and O–H groups in total. The Morgan fingerprint density at radius 2 is 2.00 bits per heavy atom. The Labute approximate surface area is 164 Å². The predicted octanol–water partition coefficient (Wildman–Crippen LogP) is 3.98. The van der Waals surface area contributed by atoms with Crippen LogP contribution in [-0.2, 0) is 6.42 Å². The molecule has 5 nitrogen and oxygen atoms in total. The molecule has 1 fully saturated rings. The van der Waals surface area contributed by atoms with E-state index in [4.69, 9.17) is 16.3 Å². The number of halogens is 1. The largest absolute Gasteiger partial charge is 0.493 e. The highest BCUT2D eigenvalue weighted by atomic mass is 35.5. The summed E-state index contributed by atoms with van der Waals surface area (Å²) in [6, 6.07) is 10.4. The van der Waals surface area contributed by atoms with E-state index in [1.165, 1.54) is 22.9 Å². The third kappa shape index (κ3) is 4.04. The molecule has 2 aromatic heterocycles. The van der Waals surface area contributed by atoms with E-state index >= 15 is 0 Å². The van der Waals surface area contributed by atoms with Crippen molar-refractivity contribution in [2.45, 2.75) is 12.8 Å². The lowest BCUT2D eigenvalue weighted by molar-refractivity contribution is 0.253. The molecule has 0 radical (unpaired) electrons. The highest BCUT2D eigenvalue weighted by Gasteiger charge is 2.20. The summed E-state index contributed by atoms with van der Waals surface area (Å²) < 4.78 is 5.44. The fraction of sp³-hybridized carbons (Fsp3) is 0.381. The Morgan fingerprint density at radius 3 is 2.81 bits per heavy atom. The van der Waals surface area contributed by atoms with Crippen molar-refractivity contribution in [1.29, 1.82) is 0 Å². The molecule has 6 heteroatoms. The van der Waals surface area contributed by atoms with Crippen LogP contribution in [0.5, 0.6) is 5.75 Å². The first kappa shape index (κ1) is 18.1. The number of methoxy groups -OCH3 is 1. The summed E-state index contributed by atoms with van der Waals surface area (Å²) in [7, 11) is 1.66. The molecule has 1 saturated heterocycles. The number of pyridine rings is 1. The van der Waals surface area contributed by atoms with Gasteiger partial charge in [0, 0.05) is 55.5 Å². The number of nitrogens with one attached hydrogen (secondary N) is 1. The van der Waals surface area contributed by atoms with Gasteiger partial charge in [0.1, 0.15) is 0 Å². The van der Waals surface area contributed by atoms with Gasteiger partial charge in [-0.3, -0.25) is 4.90 Å². The molecular weight excluding hydrogens is 360 g/mol. The van der Waals surface area contributed by atoms with Crippen LogP contribution in [0.15, 0.2) is 42.7 Å². The Hall–Kier alpha value is -2.24. The summed E-state index contributed by atoms with van der Waals surface area (Å²) in [6.45, 7) is 5.12. The molecule has 0 spiro atoms. The minimum absolute atomic E-state index is 0.603. The van der Waals surface area contributed by atoms with E-state index in [9.17, 15) is 0 Å². The van der Waals surface area contributed by atoms with Crippen molar-refractivity contribution >= 4 is 28.3 Å². The third-order valence-corrected chi connectivity index (χ3v) is 5.49. The van der Waals surface area contributed by atoms with Crippen molar-refractivity contribution in [2.75, 3.05) is 44.7 Å². The fourth-order valence-electron chi connectivity index (χ4n) is 3.82. The van der Waals surface area contributed by atoms with Gasteiger partial charge in [-0.15, -0.1) is 0 Å². The molecule has 0 bridgehead atoms. The number of rotatable bonds is 6. The van der Waals surface area contributed by atoms with Crippen molar-refractivity contribution in [1.82, 2.24) is 14.9 Å². The zero-order valence-electron chi connectivity index (χ0n) is 15.6. The molecule has 0 atom stereocenters. The molecule has 3 heterocycles. The SMILES string of the molecule is COc1cc(Cl)cnc1N1CCN(CCCc2c[nH]c3ccccc23)CC1. The molecule has 0 aliphatic carbocycles. The second-order valence-electron chi connectivity index (χ2n) is 6.97. The van der Waals surface area contributed by atoms with Crippen LogP contribution in [-0.4, -0.2) is 54.7 Å². The summed E-state index contributed by atoms with van der Waals surface area (Å²) in [5.41, 5.74) is 2.64. The number of aryl methyl sites for hydroxylation is 1. The number of nitrogens with zero attached hydrogens (tertiary/aromatic N) is 3. The molecule has 3 aromatic rings. The molecule has 1 aromatic carbocycles. The Morgan fingerprint density at radius 1 is 1.19 bits per heavy atom. The van der Waals surface area contributed by atoms with Gasteiger partial charge in [0.25, 0.3) is 0 Å². The van der Waals surface area contributed by atoms with Gasteiger partial charge in [-0.05, 0) is 31.0 Å². The number of H-pyrrole nitrogens is 1. The van der Waals surface area contributed by atoms with Gasteiger partial charge in [0.2, 0.25) is 0 Å². The van der Waals surface area contributed by atoms with Crippen molar-refractivity contribution in [3.63, 3.8) is 0 Å².